The van der Waals surface area contributed by atoms with Gasteiger partial charge in [-0.2, -0.15) is 5.26 Å². The van der Waals surface area contributed by atoms with Crippen LogP contribution in [0.2, 0.25) is 0 Å². The van der Waals surface area contributed by atoms with E-state index in [9.17, 15) is 4.79 Å². The molecule has 2 aromatic heterocycles. The molecule has 0 aromatic carbocycles. The Morgan fingerprint density at radius 3 is 2.71 bits per heavy atom. The second kappa shape index (κ2) is 5.93. The van der Waals surface area contributed by atoms with E-state index in [2.05, 4.69) is 45.2 Å². The average molecular weight is 374 g/mol. The predicted octanol–water partition coefficient (Wildman–Crippen LogP) is 2.89. The minimum atomic E-state index is -0.126. The maximum absolute atomic E-state index is 11.5. The van der Waals surface area contributed by atoms with E-state index >= 15 is 0 Å². The van der Waals surface area contributed by atoms with Crippen LogP contribution in [-0.2, 0) is 10.2 Å². The van der Waals surface area contributed by atoms with E-state index in [0.717, 1.165) is 55.4 Å². The summed E-state index contributed by atoms with van der Waals surface area (Å²) in [5.41, 5.74) is 3.65. The number of fused-ring (bicyclic) bond motifs is 2. The van der Waals surface area contributed by atoms with Crippen molar-refractivity contribution in [2.24, 2.45) is 5.92 Å². The Kier molecular flexibility index (Phi) is 3.60. The zero-order valence-corrected chi connectivity index (χ0v) is 16.1. The van der Waals surface area contributed by atoms with Crippen LogP contribution in [0.5, 0.6) is 0 Å². The number of amides is 1. The van der Waals surface area contributed by atoms with Crippen LogP contribution in [-0.4, -0.2) is 35.5 Å². The van der Waals surface area contributed by atoms with Crippen LogP contribution in [0, 0.1) is 24.2 Å². The van der Waals surface area contributed by atoms with Crippen molar-refractivity contribution in [3.63, 3.8) is 0 Å². The zero-order valence-electron chi connectivity index (χ0n) is 16.1. The van der Waals surface area contributed by atoms with Gasteiger partial charge in [0.05, 0.1) is 17.7 Å². The third-order valence-corrected chi connectivity index (χ3v) is 5.97. The van der Waals surface area contributed by atoms with Crippen molar-refractivity contribution in [2.45, 2.75) is 32.1 Å². The average Bonchev–Trinajstić information content (AvgIpc) is 3.31. The summed E-state index contributed by atoms with van der Waals surface area (Å²) in [5, 5.41) is 11.8. The summed E-state index contributed by atoms with van der Waals surface area (Å²) < 4.78 is 0. The quantitative estimate of drug-likeness (QED) is 0.889. The Labute approximate surface area is 164 Å². The van der Waals surface area contributed by atoms with Crippen molar-refractivity contribution >= 4 is 29.0 Å². The second-order valence-electron chi connectivity index (χ2n) is 8.23. The highest BCUT2D eigenvalue weighted by Crippen LogP contribution is 2.58. The first-order chi connectivity index (χ1) is 13.5. The van der Waals surface area contributed by atoms with E-state index in [1.807, 2.05) is 12.3 Å². The first-order valence-electron chi connectivity index (χ1n) is 9.66. The van der Waals surface area contributed by atoms with E-state index in [1.54, 1.807) is 0 Å². The van der Waals surface area contributed by atoms with Crippen molar-refractivity contribution in [3.8, 4) is 6.07 Å². The van der Waals surface area contributed by atoms with Gasteiger partial charge in [0.15, 0.2) is 0 Å². The minimum Gasteiger partial charge on any atom is -0.354 e. The number of nitriles is 1. The van der Waals surface area contributed by atoms with Gasteiger partial charge in [0.2, 0.25) is 5.91 Å². The van der Waals surface area contributed by atoms with Crippen LogP contribution < -0.4 is 15.1 Å². The van der Waals surface area contributed by atoms with Crippen molar-refractivity contribution in [2.75, 3.05) is 34.8 Å². The smallest absolute Gasteiger partial charge is 0.222 e. The van der Waals surface area contributed by atoms with Crippen molar-refractivity contribution in [3.05, 3.63) is 35.5 Å². The standard InChI is InChI=1S/C21H22N6O/c1-13-5-19(26-10-15(8-22)11-26)25-20(6-13)27-12-21(3-4-21)16-9-23-18(7-17(16)27)24-14(2)28/h5-7,9,15H,3-4,10-12H2,1-2H3,(H,23,24,28). The van der Waals surface area contributed by atoms with Crippen LogP contribution in [0.25, 0.3) is 0 Å². The summed E-state index contributed by atoms with van der Waals surface area (Å²) in [6.45, 7) is 5.94. The number of aromatic nitrogens is 2. The minimum absolute atomic E-state index is 0.0966. The summed E-state index contributed by atoms with van der Waals surface area (Å²) in [5.74, 6) is 2.39. The third kappa shape index (κ3) is 2.68. The molecule has 7 heteroatoms. The number of anilines is 4. The summed E-state index contributed by atoms with van der Waals surface area (Å²) in [6.07, 6.45) is 4.23. The maximum atomic E-state index is 11.5. The van der Waals surface area contributed by atoms with E-state index in [0.29, 0.717) is 5.82 Å². The first kappa shape index (κ1) is 17.0. The number of nitrogens with zero attached hydrogens (tertiary/aromatic N) is 5. The molecule has 142 valence electrons. The number of rotatable bonds is 3. The lowest BCUT2D eigenvalue weighted by molar-refractivity contribution is -0.114. The molecule has 2 aliphatic heterocycles. The number of aryl methyl sites for hydroxylation is 1. The molecule has 1 spiro atoms. The number of pyridine rings is 2. The maximum Gasteiger partial charge on any atom is 0.222 e. The van der Waals surface area contributed by atoms with Crippen LogP contribution in [0.15, 0.2) is 24.4 Å². The highest BCUT2D eigenvalue weighted by molar-refractivity contribution is 5.89. The summed E-state index contributed by atoms with van der Waals surface area (Å²) in [4.78, 5) is 25.2. The Balaban J connectivity index is 1.52. The zero-order chi connectivity index (χ0) is 19.5. The van der Waals surface area contributed by atoms with Crippen LogP contribution >= 0.6 is 0 Å². The van der Waals surface area contributed by atoms with E-state index < -0.39 is 0 Å². The highest BCUT2D eigenvalue weighted by atomic mass is 16.1. The number of carbonyl (C=O) groups is 1. The second-order valence-corrected chi connectivity index (χ2v) is 8.23. The lowest BCUT2D eigenvalue weighted by Crippen LogP contribution is -2.46. The topological polar surface area (TPSA) is 85.2 Å². The molecular formula is C21H22N6O. The number of nitrogens with one attached hydrogen (secondary N) is 1. The Hall–Kier alpha value is -3.14. The van der Waals surface area contributed by atoms with Gasteiger partial charge >= 0.3 is 0 Å². The number of carbonyl (C=O) groups excluding carboxylic acids is 1. The molecule has 1 N–H and O–H groups in total. The first-order valence-corrected chi connectivity index (χ1v) is 9.66. The van der Waals surface area contributed by atoms with E-state index in [-0.39, 0.29) is 17.2 Å². The Bertz CT molecular complexity index is 1020. The number of hydrogen-bond acceptors (Lipinski definition) is 6. The normalized spacial score (nSPS) is 19.2. The molecule has 1 aliphatic carbocycles. The summed E-state index contributed by atoms with van der Waals surface area (Å²) in [6, 6.07) is 8.46. The molecule has 0 radical (unpaired) electrons. The molecule has 1 saturated carbocycles. The Morgan fingerprint density at radius 2 is 2.04 bits per heavy atom. The molecule has 0 unspecified atom stereocenters. The lowest BCUT2D eigenvalue weighted by Gasteiger charge is -2.37. The molecule has 7 nitrogen and oxygen atoms in total. The Morgan fingerprint density at radius 1 is 1.29 bits per heavy atom. The fourth-order valence-corrected chi connectivity index (χ4v) is 4.26. The molecule has 3 aliphatic rings. The molecule has 1 amide bonds. The van der Waals surface area contributed by atoms with Gasteiger partial charge in [0.25, 0.3) is 0 Å². The SMILES string of the molecule is CC(=O)Nc1cc2c(cn1)C1(CC1)CN2c1cc(C)cc(N2CC(C#N)C2)n1. The van der Waals surface area contributed by atoms with Crippen LogP contribution in [0.1, 0.15) is 30.9 Å². The van der Waals surface area contributed by atoms with Crippen LogP contribution in [0.4, 0.5) is 23.1 Å². The van der Waals surface area contributed by atoms with Gasteiger partial charge in [-0.15, -0.1) is 0 Å². The van der Waals surface area contributed by atoms with Crippen molar-refractivity contribution < 1.29 is 4.79 Å². The van der Waals surface area contributed by atoms with E-state index in [1.165, 1.54) is 12.5 Å². The van der Waals surface area contributed by atoms with Crippen LogP contribution in [0.3, 0.4) is 0 Å². The molecule has 5 rings (SSSR count). The third-order valence-electron chi connectivity index (χ3n) is 5.97. The van der Waals surface area contributed by atoms with Crippen molar-refractivity contribution in [1.29, 1.82) is 5.26 Å². The monoisotopic (exact) mass is 374 g/mol. The van der Waals surface area contributed by atoms with E-state index in [4.69, 9.17) is 10.2 Å². The fourth-order valence-electron chi connectivity index (χ4n) is 4.26. The number of hydrogen-bond donors (Lipinski definition) is 1. The lowest BCUT2D eigenvalue weighted by atomic mass is 10.0. The predicted molar refractivity (Wildman–Crippen MR) is 107 cm³/mol. The largest absolute Gasteiger partial charge is 0.354 e. The summed E-state index contributed by atoms with van der Waals surface area (Å²) >= 11 is 0. The van der Waals surface area contributed by atoms with Gasteiger partial charge in [-0.25, -0.2) is 9.97 Å². The molecule has 1 saturated heterocycles. The van der Waals surface area contributed by atoms with Gasteiger partial charge in [-0.3, -0.25) is 4.79 Å². The fraction of sp³-hybridized carbons (Fsp3) is 0.429. The molecule has 4 heterocycles. The van der Waals surface area contributed by atoms with Gasteiger partial charge < -0.3 is 15.1 Å². The molecule has 2 aromatic rings. The molecule has 2 fully saturated rings. The molecular weight excluding hydrogens is 352 g/mol. The van der Waals surface area contributed by atoms with Gasteiger partial charge in [-0.1, -0.05) is 0 Å². The summed E-state index contributed by atoms with van der Waals surface area (Å²) in [7, 11) is 0. The molecule has 0 atom stereocenters. The molecule has 0 bridgehead atoms. The highest BCUT2D eigenvalue weighted by Gasteiger charge is 2.52. The van der Waals surface area contributed by atoms with Gasteiger partial charge in [0.1, 0.15) is 17.5 Å². The van der Waals surface area contributed by atoms with Gasteiger partial charge in [-0.05, 0) is 37.5 Å². The van der Waals surface area contributed by atoms with Gasteiger partial charge in [0, 0.05) is 49.8 Å². The van der Waals surface area contributed by atoms with Crippen molar-refractivity contribution in [1.82, 2.24) is 9.97 Å². The molecule has 28 heavy (non-hydrogen) atoms.